The molecule has 4 aromatic rings. The maximum absolute atomic E-state index is 13.1. The molecular formula is C22H17F3N4S. The first-order chi connectivity index (χ1) is 14.4. The first-order valence-electron chi connectivity index (χ1n) is 9.13. The number of benzene rings is 3. The van der Waals surface area contributed by atoms with E-state index in [-0.39, 0.29) is 10.8 Å². The van der Waals surface area contributed by atoms with Gasteiger partial charge in [0.15, 0.2) is 5.11 Å². The van der Waals surface area contributed by atoms with Gasteiger partial charge in [-0.25, -0.2) is 0 Å². The largest absolute Gasteiger partial charge is 0.418 e. The summed E-state index contributed by atoms with van der Waals surface area (Å²) in [6.45, 7) is 0.556. The molecule has 2 N–H and O–H groups in total. The van der Waals surface area contributed by atoms with Crippen molar-refractivity contribution in [2.24, 2.45) is 0 Å². The second kappa shape index (κ2) is 8.16. The number of hydrogen-bond acceptors (Lipinski definition) is 2. The normalized spacial score (nSPS) is 11.4. The fraction of sp³-hybridized carbons (Fsp3) is 0.0909. The molecule has 1 aromatic heterocycles. The number of thiocarbonyl (C=S) groups is 1. The van der Waals surface area contributed by atoms with Crippen LogP contribution in [0.2, 0.25) is 0 Å². The van der Waals surface area contributed by atoms with Crippen molar-refractivity contribution in [3.63, 3.8) is 0 Å². The van der Waals surface area contributed by atoms with Gasteiger partial charge in [0, 0.05) is 6.20 Å². The minimum Gasteiger partial charge on any atom is -0.332 e. The summed E-state index contributed by atoms with van der Waals surface area (Å²) in [5, 5.41) is 12.2. The van der Waals surface area contributed by atoms with Gasteiger partial charge in [-0.15, -0.1) is 0 Å². The van der Waals surface area contributed by atoms with Crippen LogP contribution in [0.25, 0.3) is 10.8 Å². The van der Waals surface area contributed by atoms with E-state index in [0.717, 1.165) is 22.4 Å². The summed E-state index contributed by atoms with van der Waals surface area (Å²) in [6, 6.07) is 19.4. The highest BCUT2D eigenvalue weighted by Crippen LogP contribution is 2.34. The zero-order valence-electron chi connectivity index (χ0n) is 15.6. The van der Waals surface area contributed by atoms with Crippen LogP contribution in [0.3, 0.4) is 0 Å². The van der Waals surface area contributed by atoms with Crippen molar-refractivity contribution in [2.75, 3.05) is 10.6 Å². The number of alkyl halides is 3. The van der Waals surface area contributed by atoms with E-state index in [4.69, 9.17) is 12.2 Å². The van der Waals surface area contributed by atoms with Crippen LogP contribution >= 0.6 is 12.2 Å². The van der Waals surface area contributed by atoms with E-state index in [1.54, 1.807) is 17.1 Å². The molecule has 1 heterocycles. The Morgan fingerprint density at radius 3 is 2.50 bits per heavy atom. The molecule has 0 aliphatic carbocycles. The third kappa shape index (κ3) is 4.44. The lowest BCUT2D eigenvalue weighted by atomic mass is 10.0. The molecule has 0 aliphatic heterocycles. The topological polar surface area (TPSA) is 41.9 Å². The highest BCUT2D eigenvalue weighted by Gasteiger charge is 2.33. The molecular weight excluding hydrogens is 409 g/mol. The highest BCUT2D eigenvalue weighted by molar-refractivity contribution is 7.80. The highest BCUT2D eigenvalue weighted by atomic mass is 32.1. The van der Waals surface area contributed by atoms with Crippen LogP contribution in [0.15, 0.2) is 79.1 Å². The average molecular weight is 426 g/mol. The third-order valence-corrected chi connectivity index (χ3v) is 4.79. The van der Waals surface area contributed by atoms with Gasteiger partial charge in [0.25, 0.3) is 0 Å². The molecule has 0 saturated carbocycles. The van der Waals surface area contributed by atoms with Crippen LogP contribution in [-0.2, 0) is 12.7 Å². The van der Waals surface area contributed by atoms with Crippen LogP contribution in [-0.4, -0.2) is 14.9 Å². The molecule has 0 unspecified atom stereocenters. The maximum atomic E-state index is 13.1. The van der Waals surface area contributed by atoms with Gasteiger partial charge in [-0.05, 0) is 40.7 Å². The average Bonchev–Trinajstić information content (AvgIpc) is 3.14. The van der Waals surface area contributed by atoms with E-state index in [1.807, 2.05) is 24.3 Å². The van der Waals surface area contributed by atoms with Gasteiger partial charge in [0.1, 0.15) is 0 Å². The Balaban J connectivity index is 1.46. The van der Waals surface area contributed by atoms with Crippen LogP contribution in [0, 0.1) is 0 Å². The second-order valence-electron chi connectivity index (χ2n) is 6.69. The zero-order valence-corrected chi connectivity index (χ0v) is 16.5. The van der Waals surface area contributed by atoms with Gasteiger partial charge in [0.05, 0.1) is 29.7 Å². The molecule has 4 nitrogen and oxygen atoms in total. The van der Waals surface area contributed by atoms with Crippen molar-refractivity contribution in [3.8, 4) is 0 Å². The Morgan fingerprint density at radius 2 is 1.67 bits per heavy atom. The van der Waals surface area contributed by atoms with E-state index in [2.05, 4.69) is 33.9 Å². The van der Waals surface area contributed by atoms with Gasteiger partial charge in [-0.2, -0.15) is 18.3 Å². The Hall–Kier alpha value is -3.39. The van der Waals surface area contributed by atoms with Crippen LogP contribution in [0.5, 0.6) is 0 Å². The van der Waals surface area contributed by atoms with Gasteiger partial charge < -0.3 is 10.6 Å². The molecule has 0 saturated heterocycles. The van der Waals surface area contributed by atoms with Crippen molar-refractivity contribution in [3.05, 3.63) is 90.3 Å². The minimum atomic E-state index is -4.47. The predicted octanol–water partition coefficient (Wildman–Crippen LogP) is 5.91. The van der Waals surface area contributed by atoms with E-state index >= 15 is 0 Å². The Bertz CT molecular complexity index is 1190. The van der Waals surface area contributed by atoms with Gasteiger partial charge in [-0.3, -0.25) is 4.68 Å². The number of fused-ring (bicyclic) bond motifs is 1. The number of anilines is 2. The molecule has 0 aliphatic rings. The minimum absolute atomic E-state index is 0.0522. The Morgan fingerprint density at radius 1 is 0.933 bits per heavy atom. The lowest BCUT2D eigenvalue weighted by molar-refractivity contribution is -0.136. The van der Waals surface area contributed by atoms with Crippen molar-refractivity contribution >= 4 is 39.5 Å². The maximum Gasteiger partial charge on any atom is 0.418 e. The SMILES string of the molecule is FC(F)(F)c1ccccc1NC(=S)Nc1cnn(Cc2cccc3ccccc23)c1. The molecule has 8 heteroatoms. The molecule has 152 valence electrons. The third-order valence-electron chi connectivity index (χ3n) is 4.58. The van der Waals surface area contributed by atoms with Crippen molar-refractivity contribution < 1.29 is 13.2 Å². The Kier molecular flexibility index (Phi) is 5.41. The summed E-state index contributed by atoms with van der Waals surface area (Å²) in [4.78, 5) is 0. The quantitative estimate of drug-likeness (QED) is 0.398. The summed E-state index contributed by atoms with van der Waals surface area (Å²) in [6.07, 6.45) is -1.14. The molecule has 3 aromatic carbocycles. The lowest BCUT2D eigenvalue weighted by Crippen LogP contribution is -2.21. The molecule has 4 rings (SSSR count). The van der Waals surface area contributed by atoms with Crippen LogP contribution in [0.1, 0.15) is 11.1 Å². The second-order valence-corrected chi connectivity index (χ2v) is 7.10. The van der Waals surface area contributed by atoms with Gasteiger partial charge >= 0.3 is 6.18 Å². The molecule has 0 atom stereocenters. The smallest absolute Gasteiger partial charge is 0.332 e. The first kappa shape index (κ1) is 19.9. The van der Waals surface area contributed by atoms with E-state index in [0.29, 0.717) is 12.2 Å². The number of nitrogens with one attached hydrogen (secondary N) is 2. The lowest BCUT2D eigenvalue weighted by Gasteiger charge is -2.15. The number of nitrogens with zero attached hydrogens (tertiary/aromatic N) is 2. The van der Waals surface area contributed by atoms with Crippen molar-refractivity contribution in [1.29, 1.82) is 0 Å². The fourth-order valence-corrected chi connectivity index (χ4v) is 3.47. The van der Waals surface area contributed by atoms with Crippen molar-refractivity contribution in [1.82, 2.24) is 9.78 Å². The zero-order chi connectivity index (χ0) is 21.1. The van der Waals surface area contributed by atoms with Gasteiger partial charge in [-0.1, -0.05) is 54.6 Å². The number of para-hydroxylation sites is 1. The monoisotopic (exact) mass is 426 g/mol. The van der Waals surface area contributed by atoms with E-state index in [9.17, 15) is 13.2 Å². The molecule has 0 radical (unpaired) electrons. The summed E-state index contributed by atoms with van der Waals surface area (Å²) in [5.41, 5.74) is 0.811. The van der Waals surface area contributed by atoms with Crippen molar-refractivity contribution in [2.45, 2.75) is 12.7 Å². The fourth-order valence-electron chi connectivity index (χ4n) is 3.24. The first-order valence-corrected chi connectivity index (χ1v) is 9.54. The van der Waals surface area contributed by atoms with Crippen LogP contribution in [0.4, 0.5) is 24.5 Å². The standard InChI is InChI=1S/C22H17F3N4S/c23-22(24,25)19-10-3-4-11-20(19)28-21(30)27-17-12-26-29(14-17)13-16-8-5-7-15-6-1-2-9-18(15)16/h1-12,14H,13H2,(H2,27,28,30). The molecule has 30 heavy (non-hydrogen) atoms. The molecule has 0 amide bonds. The van der Waals surface area contributed by atoms with Crippen LogP contribution < -0.4 is 10.6 Å². The number of halogens is 3. The number of rotatable bonds is 4. The number of aromatic nitrogens is 2. The number of hydrogen-bond donors (Lipinski definition) is 2. The Labute approximate surface area is 176 Å². The summed E-state index contributed by atoms with van der Waals surface area (Å²) in [7, 11) is 0. The summed E-state index contributed by atoms with van der Waals surface area (Å²) in [5.74, 6) is 0. The molecule has 0 bridgehead atoms. The summed E-state index contributed by atoms with van der Waals surface area (Å²) < 4.78 is 41.1. The van der Waals surface area contributed by atoms with E-state index in [1.165, 1.54) is 18.2 Å². The molecule has 0 spiro atoms. The van der Waals surface area contributed by atoms with Gasteiger partial charge in [0.2, 0.25) is 0 Å². The predicted molar refractivity (Wildman–Crippen MR) is 117 cm³/mol. The molecule has 0 fully saturated rings. The summed E-state index contributed by atoms with van der Waals surface area (Å²) >= 11 is 5.18. The van der Waals surface area contributed by atoms with E-state index < -0.39 is 11.7 Å².